The molecule has 1 aliphatic carbocycles. The van der Waals surface area contributed by atoms with E-state index in [0.717, 1.165) is 6.04 Å². The van der Waals surface area contributed by atoms with Crippen molar-refractivity contribution >= 4 is 0 Å². The second-order valence-corrected chi connectivity index (χ2v) is 6.26. The van der Waals surface area contributed by atoms with Crippen LogP contribution in [0.4, 0.5) is 0 Å². The highest BCUT2D eigenvalue weighted by molar-refractivity contribution is 4.87. The summed E-state index contributed by atoms with van der Waals surface area (Å²) in [5, 5.41) is 3.47. The van der Waals surface area contributed by atoms with Gasteiger partial charge in [-0.05, 0) is 45.2 Å². The van der Waals surface area contributed by atoms with Gasteiger partial charge in [0.1, 0.15) is 0 Å². The summed E-state index contributed by atoms with van der Waals surface area (Å²) in [5.74, 6) is 0. The molecule has 1 aliphatic rings. The Kier molecular flexibility index (Phi) is 7.25. The van der Waals surface area contributed by atoms with Gasteiger partial charge < -0.3 is 10.2 Å². The summed E-state index contributed by atoms with van der Waals surface area (Å²) >= 11 is 0. The van der Waals surface area contributed by atoms with Crippen molar-refractivity contribution in [2.75, 3.05) is 26.7 Å². The van der Waals surface area contributed by atoms with E-state index in [0.29, 0.717) is 5.41 Å². The molecule has 0 aromatic carbocycles. The number of hydrogen-bond acceptors (Lipinski definition) is 2. The van der Waals surface area contributed by atoms with Crippen LogP contribution < -0.4 is 5.32 Å². The fourth-order valence-corrected chi connectivity index (χ4v) is 3.51. The van der Waals surface area contributed by atoms with Crippen molar-refractivity contribution in [2.24, 2.45) is 5.41 Å². The molecule has 1 fully saturated rings. The first-order valence-corrected chi connectivity index (χ1v) is 8.06. The zero-order valence-corrected chi connectivity index (χ0v) is 13.1. The maximum absolute atomic E-state index is 3.47. The van der Waals surface area contributed by atoms with Gasteiger partial charge in [-0.25, -0.2) is 0 Å². The second kappa shape index (κ2) is 8.16. The molecular weight excluding hydrogens is 220 g/mol. The van der Waals surface area contributed by atoms with Gasteiger partial charge in [0.05, 0.1) is 0 Å². The third-order valence-corrected chi connectivity index (χ3v) is 4.87. The van der Waals surface area contributed by atoms with Crippen molar-refractivity contribution in [3.8, 4) is 0 Å². The van der Waals surface area contributed by atoms with Gasteiger partial charge in [0.2, 0.25) is 0 Å². The molecule has 0 spiro atoms. The molecule has 1 rings (SSSR count). The van der Waals surface area contributed by atoms with Crippen LogP contribution in [-0.4, -0.2) is 37.6 Å². The molecule has 0 amide bonds. The Bertz CT molecular complexity index is 207. The first-order chi connectivity index (χ1) is 8.67. The van der Waals surface area contributed by atoms with Gasteiger partial charge >= 0.3 is 0 Å². The predicted octanol–water partition coefficient (Wildman–Crippen LogP) is 3.67. The zero-order chi connectivity index (χ0) is 13.4. The summed E-state index contributed by atoms with van der Waals surface area (Å²) in [6, 6.07) is 0.729. The summed E-state index contributed by atoms with van der Waals surface area (Å²) in [6.07, 6.45) is 9.85. The molecule has 0 radical (unpaired) electrons. The molecule has 0 heterocycles. The largest absolute Gasteiger partial charge is 0.319 e. The smallest absolute Gasteiger partial charge is 0.00644 e. The summed E-state index contributed by atoms with van der Waals surface area (Å²) < 4.78 is 0. The third-order valence-electron chi connectivity index (χ3n) is 4.87. The molecule has 0 aromatic rings. The number of hydrogen-bond donors (Lipinski definition) is 1. The van der Waals surface area contributed by atoms with E-state index in [1.807, 2.05) is 0 Å². The van der Waals surface area contributed by atoms with Crippen molar-refractivity contribution in [1.82, 2.24) is 10.2 Å². The van der Waals surface area contributed by atoms with E-state index in [9.17, 15) is 0 Å². The summed E-state index contributed by atoms with van der Waals surface area (Å²) in [4.78, 5) is 2.70. The van der Waals surface area contributed by atoms with Crippen LogP contribution in [-0.2, 0) is 0 Å². The molecule has 18 heavy (non-hydrogen) atoms. The van der Waals surface area contributed by atoms with Crippen molar-refractivity contribution in [1.29, 1.82) is 0 Å². The lowest BCUT2D eigenvalue weighted by Crippen LogP contribution is -2.46. The standard InChI is InChI=1S/C16H34N2/c1-5-15(3)18(6-2)14-16(13-17-4)11-9-7-8-10-12-16/h15,17H,5-14H2,1-4H3. The van der Waals surface area contributed by atoms with Gasteiger partial charge in [-0.2, -0.15) is 0 Å². The van der Waals surface area contributed by atoms with Gasteiger partial charge in [0, 0.05) is 19.1 Å². The predicted molar refractivity (Wildman–Crippen MR) is 81.1 cm³/mol. The van der Waals surface area contributed by atoms with Crippen LogP contribution in [0.5, 0.6) is 0 Å². The highest BCUT2D eigenvalue weighted by Crippen LogP contribution is 2.35. The SMILES string of the molecule is CCC(C)N(CC)CC1(CNC)CCCCCC1. The fourth-order valence-electron chi connectivity index (χ4n) is 3.51. The fraction of sp³-hybridized carbons (Fsp3) is 1.00. The minimum atomic E-state index is 0.532. The molecule has 2 nitrogen and oxygen atoms in total. The Labute approximate surface area is 115 Å². The lowest BCUT2D eigenvalue weighted by Gasteiger charge is -2.40. The van der Waals surface area contributed by atoms with E-state index >= 15 is 0 Å². The quantitative estimate of drug-likeness (QED) is 0.697. The number of nitrogens with one attached hydrogen (secondary N) is 1. The van der Waals surface area contributed by atoms with Crippen LogP contribution >= 0.6 is 0 Å². The van der Waals surface area contributed by atoms with Crippen LogP contribution in [0.1, 0.15) is 65.7 Å². The Morgan fingerprint density at radius 1 is 1.11 bits per heavy atom. The van der Waals surface area contributed by atoms with Crippen LogP contribution in [0, 0.1) is 5.41 Å². The molecule has 0 aromatic heterocycles. The minimum Gasteiger partial charge on any atom is -0.319 e. The van der Waals surface area contributed by atoms with Crippen molar-refractivity contribution in [3.63, 3.8) is 0 Å². The van der Waals surface area contributed by atoms with Crippen molar-refractivity contribution in [2.45, 2.75) is 71.8 Å². The van der Waals surface area contributed by atoms with E-state index in [-0.39, 0.29) is 0 Å². The van der Waals surface area contributed by atoms with E-state index in [2.05, 4.69) is 38.0 Å². The molecule has 1 N–H and O–H groups in total. The van der Waals surface area contributed by atoms with E-state index < -0.39 is 0 Å². The lowest BCUT2D eigenvalue weighted by molar-refractivity contribution is 0.102. The summed E-state index contributed by atoms with van der Waals surface area (Å²) in [6.45, 7) is 10.7. The first kappa shape index (κ1) is 16.0. The van der Waals surface area contributed by atoms with E-state index in [1.165, 1.54) is 64.6 Å². The molecular formula is C16H34N2. The zero-order valence-electron chi connectivity index (χ0n) is 13.1. The van der Waals surface area contributed by atoms with E-state index in [1.54, 1.807) is 0 Å². The maximum atomic E-state index is 3.47. The Hall–Kier alpha value is -0.0800. The average molecular weight is 254 g/mol. The number of nitrogens with zero attached hydrogens (tertiary/aromatic N) is 1. The van der Waals surface area contributed by atoms with E-state index in [4.69, 9.17) is 0 Å². The Balaban J connectivity index is 2.69. The van der Waals surface area contributed by atoms with Crippen LogP contribution in [0.3, 0.4) is 0 Å². The summed E-state index contributed by atoms with van der Waals surface area (Å²) in [7, 11) is 2.12. The molecule has 0 bridgehead atoms. The molecule has 0 saturated heterocycles. The van der Waals surface area contributed by atoms with Gasteiger partial charge in [-0.3, -0.25) is 0 Å². The topological polar surface area (TPSA) is 15.3 Å². The highest BCUT2D eigenvalue weighted by Gasteiger charge is 2.32. The van der Waals surface area contributed by atoms with Crippen LogP contribution in [0.2, 0.25) is 0 Å². The second-order valence-electron chi connectivity index (χ2n) is 6.26. The maximum Gasteiger partial charge on any atom is 0.00644 e. The highest BCUT2D eigenvalue weighted by atomic mass is 15.2. The summed E-state index contributed by atoms with van der Waals surface area (Å²) in [5.41, 5.74) is 0.532. The molecule has 108 valence electrons. The Morgan fingerprint density at radius 2 is 1.72 bits per heavy atom. The van der Waals surface area contributed by atoms with Crippen molar-refractivity contribution in [3.05, 3.63) is 0 Å². The van der Waals surface area contributed by atoms with Crippen LogP contribution in [0.15, 0.2) is 0 Å². The molecule has 1 saturated carbocycles. The van der Waals surface area contributed by atoms with Crippen LogP contribution in [0.25, 0.3) is 0 Å². The normalized spacial score (nSPS) is 21.8. The average Bonchev–Trinajstić information content (AvgIpc) is 2.61. The minimum absolute atomic E-state index is 0.532. The van der Waals surface area contributed by atoms with Gasteiger partial charge in [0.15, 0.2) is 0 Å². The van der Waals surface area contributed by atoms with Gasteiger partial charge in [0.25, 0.3) is 0 Å². The van der Waals surface area contributed by atoms with Crippen molar-refractivity contribution < 1.29 is 0 Å². The molecule has 0 aliphatic heterocycles. The molecule has 1 atom stereocenters. The lowest BCUT2D eigenvalue weighted by atomic mass is 9.79. The Morgan fingerprint density at radius 3 is 2.17 bits per heavy atom. The molecule has 1 unspecified atom stereocenters. The first-order valence-electron chi connectivity index (χ1n) is 8.06. The number of rotatable bonds is 7. The molecule has 2 heteroatoms. The third kappa shape index (κ3) is 4.55. The van der Waals surface area contributed by atoms with Gasteiger partial charge in [-0.15, -0.1) is 0 Å². The van der Waals surface area contributed by atoms with Gasteiger partial charge in [-0.1, -0.05) is 39.5 Å². The monoisotopic (exact) mass is 254 g/mol.